The predicted molar refractivity (Wildman–Crippen MR) is 88.0 cm³/mol. The van der Waals surface area contributed by atoms with Gasteiger partial charge in [-0.1, -0.05) is 44.2 Å². The number of aromatic nitrogens is 1. The average molecular weight is 301 g/mol. The number of carbonyl (C=O) groups is 1. The highest BCUT2D eigenvalue weighted by Gasteiger charge is 2.00. The molecular weight excluding hydrogens is 278 g/mol. The molecule has 4 nitrogen and oxygen atoms in total. The minimum Gasteiger partial charge on any atom is -0.475 e. The molecule has 2 rings (SSSR count). The molecule has 1 heterocycles. The minimum absolute atomic E-state index is 0.00957. The second-order valence-electron chi connectivity index (χ2n) is 4.35. The number of benzene rings is 1. The van der Waals surface area contributed by atoms with Crippen LogP contribution in [0.3, 0.4) is 0 Å². The lowest BCUT2D eigenvalue weighted by molar-refractivity contribution is -0.121. The number of nitrogens with zero attached hydrogens (tertiary/aromatic N) is 1. The second kappa shape index (κ2) is 10.5. The Hall–Kier alpha value is -2.20. The van der Waals surface area contributed by atoms with Crippen LogP contribution in [-0.2, 0) is 9.53 Å². The van der Waals surface area contributed by atoms with E-state index >= 15 is 0 Å². The molecule has 4 heteroatoms. The van der Waals surface area contributed by atoms with Crippen molar-refractivity contribution in [2.24, 2.45) is 0 Å². The van der Waals surface area contributed by atoms with Crippen molar-refractivity contribution in [1.29, 1.82) is 0 Å². The van der Waals surface area contributed by atoms with Crippen molar-refractivity contribution < 1.29 is 14.3 Å². The number of rotatable bonds is 7. The third-order valence-corrected chi connectivity index (χ3v) is 2.63. The number of carbonyl (C=O) groups excluding carboxylic acids is 1. The number of hydrogen-bond acceptors (Lipinski definition) is 4. The van der Waals surface area contributed by atoms with E-state index in [0.29, 0.717) is 19.1 Å². The van der Waals surface area contributed by atoms with E-state index < -0.39 is 0 Å². The molecule has 0 bridgehead atoms. The molecular formula is C18H23NO3. The number of ether oxygens (including phenoxy) is 2. The quantitative estimate of drug-likeness (QED) is 0.731. The number of hydrogen-bond donors (Lipinski definition) is 0. The summed E-state index contributed by atoms with van der Waals surface area (Å²) in [6, 6.07) is 13.8. The summed E-state index contributed by atoms with van der Waals surface area (Å²) in [6.07, 6.45) is 1.78. The lowest BCUT2D eigenvalue weighted by Crippen LogP contribution is -2.11. The van der Waals surface area contributed by atoms with Crippen LogP contribution < -0.4 is 4.74 Å². The molecule has 1 aromatic heterocycles. The van der Waals surface area contributed by atoms with Gasteiger partial charge in [-0.15, -0.1) is 0 Å². The molecule has 0 amide bonds. The third kappa shape index (κ3) is 6.50. The monoisotopic (exact) mass is 301 g/mol. The van der Waals surface area contributed by atoms with Gasteiger partial charge in [0, 0.05) is 17.8 Å². The molecule has 0 spiro atoms. The van der Waals surface area contributed by atoms with Crippen LogP contribution in [0.15, 0.2) is 48.7 Å². The topological polar surface area (TPSA) is 48.4 Å². The van der Waals surface area contributed by atoms with Crippen molar-refractivity contribution in [3.63, 3.8) is 0 Å². The summed E-state index contributed by atoms with van der Waals surface area (Å²) in [6.45, 7) is 6.38. The molecule has 0 atom stereocenters. The highest BCUT2D eigenvalue weighted by molar-refractivity contribution is 5.76. The Balaban J connectivity index is 0.00000116. The molecule has 0 aliphatic rings. The molecule has 0 unspecified atom stereocenters. The van der Waals surface area contributed by atoms with Crippen LogP contribution in [0.1, 0.15) is 20.8 Å². The fourth-order valence-corrected chi connectivity index (χ4v) is 1.69. The Morgan fingerprint density at radius 1 is 1.00 bits per heavy atom. The Morgan fingerprint density at radius 2 is 1.73 bits per heavy atom. The zero-order valence-electron chi connectivity index (χ0n) is 13.4. The lowest BCUT2D eigenvalue weighted by atomic mass is 10.1. The summed E-state index contributed by atoms with van der Waals surface area (Å²) in [5, 5.41) is 0. The normalized spacial score (nSPS) is 9.59. The summed E-state index contributed by atoms with van der Waals surface area (Å²) in [5.41, 5.74) is 2.17. The zero-order valence-corrected chi connectivity index (χ0v) is 13.4. The summed E-state index contributed by atoms with van der Waals surface area (Å²) in [4.78, 5) is 14.9. The lowest BCUT2D eigenvalue weighted by Gasteiger charge is -2.06. The maximum absolute atomic E-state index is 10.7. The van der Waals surface area contributed by atoms with Crippen molar-refractivity contribution >= 4 is 5.78 Å². The van der Waals surface area contributed by atoms with E-state index in [2.05, 4.69) is 4.98 Å². The molecule has 2 aromatic rings. The molecule has 1 aromatic carbocycles. The molecule has 0 aliphatic heterocycles. The zero-order chi connectivity index (χ0) is 16.2. The molecule has 118 valence electrons. The Labute approximate surface area is 132 Å². The van der Waals surface area contributed by atoms with Gasteiger partial charge in [-0.2, -0.15) is 0 Å². The SMILES string of the molecule is CC.CC(=O)COCCOc1ccc(-c2ccccc2)cn1. The summed E-state index contributed by atoms with van der Waals surface area (Å²) in [5.74, 6) is 0.562. The first-order valence-electron chi connectivity index (χ1n) is 7.47. The van der Waals surface area contributed by atoms with E-state index in [4.69, 9.17) is 9.47 Å². The van der Waals surface area contributed by atoms with Gasteiger partial charge < -0.3 is 9.47 Å². The highest BCUT2D eigenvalue weighted by atomic mass is 16.5. The van der Waals surface area contributed by atoms with Gasteiger partial charge in [-0.25, -0.2) is 4.98 Å². The van der Waals surface area contributed by atoms with Gasteiger partial charge in [-0.3, -0.25) is 4.79 Å². The molecule has 22 heavy (non-hydrogen) atoms. The first kappa shape index (κ1) is 17.9. The molecule has 0 N–H and O–H groups in total. The van der Waals surface area contributed by atoms with Crippen molar-refractivity contribution in [3.8, 4) is 17.0 Å². The average Bonchev–Trinajstić information content (AvgIpc) is 2.57. The highest BCUT2D eigenvalue weighted by Crippen LogP contribution is 2.19. The minimum atomic E-state index is 0.00957. The number of Topliss-reactive ketones (excluding diaryl/α,β-unsaturated/α-hetero) is 1. The van der Waals surface area contributed by atoms with Crippen molar-refractivity contribution in [2.45, 2.75) is 20.8 Å². The Bertz CT molecular complexity index is 538. The second-order valence-corrected chi connectivity index (χ2v) is 4.35. The van der Waals surface area contributed by atoms with Gasteiger partial charge in [0.15, 0.2) is 5.78 Å². The van der Waals surface area contributed by atoms with Crippen LogP contribution in [0.5, 0.6) is 5.88 Å². The standard InChI is InChI=1S/C16H17NO3.C2H6/c1-13(18)12-19-9-10-20-16-8-7-15(11-17-16)14-5-3-2-4-6-14;1-2/h2-8,11H,9-10,12H2,1H3;1-2H3. The van der Waals surface area contributed by atoms with Gasteiger partial charge in [0.25, 0.3) is 0 Å². The first-order valence-corrected chi connectivity index (χ1v) is 7.47. The van der Waals surface area contributed by atoms with E-state index in [1.165, 1.54) is 6.92 Å². The fourth-order valence-electron chi connectivity index (χ4n) is 1.69. The predicted octanol–water partition coefficient (Wildman–Crippen LogP) is 3.76. The largest absolute Gasteiger partial charge is 0.475 e. The van der Waals surface area contributed by atoms with Crippen LogP contribution >= 0.6 is 0 Å². The molecule has 0 saturated carbocycles. The van der Waals surface area contributed by atoms with E-state index in [1.54, 1.807) is 6.20 Å². The van der Waals surface area contributed by atoms with Crippen LogP contribution in [-0.4, -0.2) is 30.6 Å². The van der Waals surface area contributed by atoms with E-state index in [-0.39, 0.29) is 12.4 Å². The van der Waals surface area contributed by atoms with Crippen LogP contribution in [0.4, 0.5) is 0 Å². The Kier molecular flexibility index (Phi) is 8.53. The van der Waals surface area contributed by atoms with Gasteiger partial charge in [-0.05, 0) is 18.6 Å². The third-order valence-electron chi connectivity index (χ3n) is 2.63. The van der Waals surface area contributed by atoms with Crippen molar-refractivity contribution in [1.82, 2.24) is 4.98 Å². The van der Waals surface area contributed by atoms with Gasteiger partial charge in [0.05, 0.1) is 6.61 Å². The summed E-state index contributed by atoms with van der Waals surface area (Å²) >= 11 is 0. The fraction of sp³-hybridized carbons (Fsp3) is 0.333. The maximum Gasteiger partial charge on any atom is 0.213 e. The number of ketones is 1. The van der Waals surface area contributed by atoms with E-state index in [9.17, 15) is 4.79 Å². The summed E-state index contributed by atoms with van der Waals surface area (Å²) in [7, 11) is 0. The van der Waals surface area contributed by atoms with Gasteiger partial charge in [0.2, 0.25) is 5.88 Å². The molecule has 0 radical (unpaired) electrons. The van der Waals surface area contributed by atoms with Crippen LogP contribution in [0.25, 0.3) is 11.1 Å². The smallest absolute Gasteiger partial charge is 0.213 e. The van der Waals surface area contributed by atoms with Crippen molar-refractivity contribution in [3.05, 3.63) is 48.7 Å². The maximum atomic E-state index is 10.7. The van der Waals surface area contributed by atoms with Crippen molar-refractivity contribution in [2.75, 3.05) is 19.8 Å². The van der Waals surface area contributed by atoms with Gasteiger partial charge >= 0.3 is 0 Å². The van der Waals surface area contributed by atoms with E-state index in [0.717, 1.165) is 11.1 Å². The van der Waals surface area contributed by atoms with Gasteiger partial charge in [0.1, 0.15) is 13.2 Å². The van der Waals surface area contributed by atoms with Crippen LogP contribution in [0, 0.1) is 0 Å². The molecule has 0 fully saturated rings. The molecule has 0 aliphatic carbocycles. The van der Waals surface area contributed by atoms with Crippen LogP contribution in [0.2, 0.25) is 0 Å². The number of pyridine rings is 1. The first-order chi connectivity index (χ1) is 10.8. The summed E-state index contributed by atoms with van der Waals surface area (Å²) < 4.78 is 10.5. The Morgan fingerprint density at radius 3 is 2.32 bits per heavy atom. The van der Waals surface area contributed by atoms with E-state index in [1.807, 2.05) is 56.3 Å². The molecule has 0 saturated heterocycles.